The van der Waals surface area contributed by atoms with Gasteiger partial charge in [0, 0.05) is 44.5 Å². The second kappa shape index (κ2) is 14.0. The fraction of sp³-hybridized carbons (Fsp3) is 0.600. The summed E-state index contributed by atoms with van der Waals surface area (Å²) in [6, 6.07) is 7.85. The largest absolute Gasteiger partial charge is 0.444 e. The van der Waals surface area contributed by atoms with Crippen molar-refractivity contribution >= 4 is 29.3 Å². The standard InChI is InChI=1S/C30H46N8O4/c1-7-14-36(29(39)42-30(4,5)6)15-16-37(40)25-11-9-8-10-22(25)19-31-28-35-27(33-23-12-17-41-18-13-23)34-26-24(21(2)3)20-32-38(26)28/h8-11,20-21,23,40H,7,12-19H2,1-6H3,(H2,31,33,34,35). The van der Waals surface area contributed by atoms with Crippen LogP contribution in [-0.4, -0.2) is 80.3 Å². The molecule has 3 heterocycles. The number of aromatic nitrogens is 4. The average Bonchev–Trinajstić information content (AvgIpc) is 3.38. The number of para-hydroxylation sites is 1. The molecule has 12 nitrogen and oxygen atoms in total. The highest BCUT2D eigenvalue weighted by atomic mass is 16.6. The molecule has 0 saturated carbocycles. The van der Waals surface area contributed by atoms with Gasteiger partial charge in [-0.25, -0.2) is 4.79 Å². The number of hydrogen-bond acceptors (Lipinski definition) is 10. The Morgan fingerprint density at radius 3 is 2.60 bits per heavy atom. The molecule has 1 amide bonds. The summed E-state index contributed by atoms with van der Waals surface area (Å²) in [4.78, 5) is 23.9. The zero-order chi connectivity index (χ0) is 30.3. The predicted molar refractivity (Wildman–Crippen MR) is 163 cm³/mol. The van der Waals surface area contributed by atoms with E-state index in [0.29, 0.717) is 37.2 Å². The number of nitrogens with one attached hydrogen (secondary N) is 2. The van der Waals surface area contributed by atoms with Gasteiger partial charge in [-0.15, -0.1) is 0 Å². The summed E-state index contributed by atoms with van der Waals surface area (Å²) < 4.78 is 12.8. The van der Waals surface area contributed by atoms with Crippen molar-refractivity contribution in [3.05, 3.63) is 41.6 Å². The first kappa shape index (κ1) is 31.3. The van der Waals surface area contributed by atoms with Gasteiger partial charge in [0.2, 0.25) is 11.9 Å². The Balaban J connectivity index is 1.50. The van der Waals surface area contributed by atoms with E-state index in [1.165, 1.54) is 5.06 Å². The minimum Gasteiger partial charge on any atom is -0.444 e. The van der Waals surface area contributed by atoms with Crippen LogP contribution in [0.4, 0.5) is 22.4 Å². The van der Waals surface area contributed by atoms with E-state index < -0.39 is 5.60 Å². The lowest BCUT2D eigenvalue weighted by Crippen LogP contribution is -2.41. The molecule has 4 rings (SSSR count). The SMILES string of the molecule is CCCN(CCN(O)c1ccccc1CNc1nc(NC2CCOCC2)nc2c(C(C)C)cnn12)C(=O)OC(C)(C)C. The quantitative estimate of drug-likeness (QED) is 0.242. The number of fused-ring (bicyclic) bond motifs is 1. The average molecular weight is 583 g/mol. The summed E-state index contributed by atoms with van der Waals surface area (Å²) >= 11 is 0. The van der Waals surface area contributed by atoms with Gasteiger partial charge in [-0.05, 0) is 57.6 Å². The number of benzene rings is 1. The minimum absolute atomic E-state index is 0.226. The van der Waals surface area contributed by atoms with Crippen LogP contribution >= 0.6 is 0 Å². The highest BCUT2D eigenvalue weighted by molar-refractivity contribution is 5.68. The third-order valence-electron chi connectivity index (χ3n) is 7.01. The van der Waals surface area contributed by atoms with E-state index in [1.807, 2.05) is 58.2 Å². The fourth-order valence-corrected chi connectivity index (χ4v) is 4.82. The van der Waals surface area contributed by atoms with E-state index >= 15 is 0 Å². The highest BCUT2D eigenvalue weighted by Gasteiger charge is 2.23. The molecule has 0 aliphatic carbocycles. The van der Waals surface area contributed by atoms with Crippen LogP contribution in [0, 0.1) is 0 Å². The number of hydroxylamine groups is 1. The molecule has 3 N–H and O–H groups in total. The van der Waals surface area contributed by atoms with Crippen molar-refractivity contribution in [3.8, 4) is 0 Å². The maximum absolute atomic E-state index is 12.7. The molecule has 230 valence electrons. The minimum atomic E-state index is -0.586. The molecule has 0 bridgehead atoms. The lowest BCUT2D eigenvalue weighted by molar-refractivity contribution is 0.0246. The molecule has 1 aliphatic rings. The summed E-state index contributed by atoms with van der Waals surface area (Å²) in [5.41, 5.74) is 2.71. The Hall–Kier alpha value is -3.64. The van der Waals surface area contributed by atoms with Gasteiger partial charge < -0.3 is 25.0 Å². The summed E-state index contributed by atoms with van der Waals surface area (Å²) in [5.74, 6) is 1.35. The van der Waals surface area contributed by atoms with E-state index in [0.717, 1.165) is 49.3 Å². The molecule has 1 aliphatic heterocycles. The van der Waals surface area contributed by atoms with Gasteiger partial charge in [0.25, 0.3) is 0 Å². The number of amides is 1. The van der Waals surface area contributed by atoms with Crippen molar-refractivity contribution < 1.29 is 19.5 Å². The first-order valence-electron chi connectivity index (χ1n) is 14.9. The first-order chi connectivity index (χ1) is 20.1. The summed E-state index contributed by atoms with van der Waals surface area (Å²) in [6.07, 6.45) is 4.04. The van der Waals surface area contributed by atoms with Crippen LogP contribution in [0.1, 0.15) is 77.8 Å². The molecule has 2 aromatic heterocycles. The zero-order valence-electron chi connectivity index (χ0n) is 25.8. The Labute approximate surface area is 248 Å². The number of rotatable bonds is 12. The van der Waals surface area contributed by atoms with Crippen LogP contribution in [0.2, 0.25) is 0 Å². The molecule has 1 aromatic carbocycles. The van der Waals surface area contributed by atoms with Crippen molar-refractivity contribution in [2.45, 2.75) is 84.9 Å². The van der Waals surface area contributed by atoms with E-state index in [-0.39, 0.29) is 24.6 Å². The third-order valence-corrected chi connectivity index (χ3v) is 7.01. The van der Waals surface area contributed by atoms with Gasteiger partial charge in [-0.3, -0.25) is 10.3 Å². The normalized spacial score (nSPS) is 14.3. The van der Waals surface area contributed by atoms with Crippen LogP contribution in [-0.2, 0) is 16.0 Å². The van der Waals surface area contributed by atoms with Crippen LogP contribution in [0.25, 0.3) is 5.65 Å². The number of anilines is 3. The number of hydrogen-bond donors (Lipinski definition) is 3. The van der Waals surface area contributed by atoms with Crippen molar-refractivity contribution in [2.24, 2.45) is 0 Å². The third kappa shape index (κ3) is 8.22. The summed E-state index contributed by atoms with van der Waals surface area (Å²) in [5, 5.41) is 23.7. The molecule has 12 heteroatoms. The Bertz CT molecular complexity index is 1320. The molecule has 3 aromatic rings. The maximum atomic E-state index is 12.7. The van der Waals surface area contributed by atoms with Crippen molar-refractivity contribution in [1.82, 2.24) is 24.5 Å². The number of nitrogens with zero attached hydrogens (tertiary/aromatic N) is 6. The van der Waals surface area contributed by atoms with Gasteiger partial charge in [-0.1, -0.05) is 39.0 Å². The van der Waals surface area contributed by atoms with Gasteiger partial charge in [0.15, 0.2) is 5.65 Å². The molecule has 1 saturated heterocycles. The molecule has 0 radical (unpaired) electrons. The topological polar surface area (TPSA) is 129 Å². The molecule has 42 heavy (non-hydrogen) atoms. The van der Waals surface area contributed by atoms with Crippen LogP contribution in [0.5, 0.6) is 0 Å². The van der Waals surface area contributed by atoms with E-state index in [4.69, 9.17) is 19.4 Å². The van der Waals surface area contributed by atoms with Crippen molar-refractivity contribution in [2.75, 3.05) is 48.5 Å². The van der Waals surface area contributed by atoms with Crippen LogP contribution in [0.15, 0.2) is 30.5 Å². The number of ether oxygens (including phenoxy) is 2. The van der Waals surface area contributed by atoms with Gasteiger partial charge >= 0.3 is 6.09 Å². The summed E-state index contributed by atoms with van der Waals surface area (Å²) in [7, 11) is 0. The second-order valence-corrected chi connectivity index (χ2v) is 12.0. The lowest BCUT2D eigenvalue weighted by atomic mass is 10.1. The van der Waals surface area contributed by atoms with Gasteiger partial charge in [0.1, 0.15) is 5.60 Å². The fourth-order valence-electron chi connectivity index (χ4n) is 4.82. The van der Waals surface area contributed by atoms with Gasteiger partial charge in [-0.2, -0.15) is 19.6 Å². The monoisotopic (exact) mass is 582 g/mol. The summed E-state index contributed by atoms with van der Waals surface area (Å²) in [6.45, 7) is 14.7. The number of carbonyl (C=O) groups is 1. The molecule has 1 fully saturated rings. The molecular weight excluding hydrogens is 536 g/mol. The smallest absolute Gasteiger partial charge is 0.410 e. The molecule has 0 spiro atoms. The van der Waals surface area contributed by atoms with E-state index in [9.17, 15) is 10.0 Å². The Morgan fingerprint density at radius 2 is 1.90 bits per heavy atom. The van der Waals surface area contributed by atoms with Crippen LogP contribution in [0.3, 0.4) is 0 Å². The predicted octanol–water partition coefficient (Wildman–Crippen LogP) is 5.29. The second-order valence-electron chi connectivity index (χ2n) is 12.0. The highest BCUT2D eigenvalue weighted by Crippen LogP contribution is 2.25. The maximum Gasteiger partial charge on any atom is 0.410 e. The van der Waals surface area contributed by atoms with Crippen LogP contribution < -0.4 is 15.7 Å². The Kier molecular flexibility index (Phi) is 10.4. The molecule has 0 unspecified atom stereocenters. The van der Waals surface area contributed by atoms with Gasteiger partial charge in [0.05, 0.1) is 18.4 Å². The molecular formula is C30H46N8O4. The zero-order valence-corrected chi connectivity index (χ0v) is 25.8. The molecule has 0 atom stereocenters. The van der Waals surface area contributed by atoms with Crippen molar-refractivity contribution in [1.29, 1.82) is 0 Å². The first-order valence-corrected chi connectivity index (χ1v) is 14.9. The van der Waals surface area contributed by atoms with E-state index in [2.05, 4.69) is 29.6 Å². The Morgan fingerprint density at radius 1 is 1.17 bits per heavy atom. The van der Waals surface area contributed by atoms with E-state index in [1.54, 1.807) is 9.42 Å². The van der Waals surface area contributed by atoms with Crippen molar-refractivity contribution in [3.63, 3.8) is 0 Å². The number of carbonyl (C=O) groups excluding carboxylic acids is 1. The lowest BCUT2D eigenvalue weighted by Gasteiger charge is -2.29.